The van der Waals surface area contributed by atoms with Gasteiger partial charge in [0.15, 0.2) is 0 Å². The first kappa shape index (κ1) is 14.9. The molecule has 0 aliphatic heterocycles. The lowest BCUT2D eigenvalue weighted by Gasteiger charge is -2.14. The maximum atomic E-state index is 11.7. The Kier molecular flexibility index (Phi) is 5.23. The number of nitrogens with one attached hydrogen (secondary N) is 3. The maximum Gasteiger partial charge on any atom is 0.272 e. The summed E-state index contributed by atoms with van der Waals surface area (Å²) in [6.07, 6.45) is 0. The molecule has 1 rings (SSSR count). The number of hydrogen-bond acceptors (Lipinski definition) is 4. The van der Waals surface area contributed by atoms with Crippen LogP contribution in [0, 0.1) is 5.92 Å². The van der Waals surface area contributed by atoms with E-state index in [9.17, 15) is 14.4 Å². The van der Waals surface area contributed by atoms with Crippen LogP contribution in [-0.2, 0) is 4.79 Å². The van der Waals surface area contributed by atoms with Crippen LogP contribution in [-0.4, -0.2) is 34.6 Å². The van der Waals surface area contributed by atoms with E-state index in [0.717, 1.165) is 0 Å². The van der Waals surface area contributed by atoms with E-state index in [0.29, 0.717) is 12.5 Å². The molecule has 19 heavy (non-hydrogen) atoms. The molecule has 1 aromatic rings. The lowest BCUT2D eigenvalue weighted by molar-refractivity contribution is -0.122. The zero-order chi connectivity index (χ0) is 14.4. The third-order valence-corrected chi connectivity index (χ3v) is 2.34. The summed E-state index contributed by atoms with van der Waals surface area (Å²) in [6, 6.07) is 1.83. The predicted molar refractivity (Wildman–Crippen MR) is 69.6 cm³/mol. The summed E-state index contributed by atoms with van der Waals surface area (Å²) >= 11 is 0. The summed E-state index contributed by atoms with van der Waals surface area (Å²) in [7, 11) is 0. The minimum absolute atomic E-state index is 0.0584. The van der Waals surface area contributed by atoms with Gasteiger partial charge in [-0.3, -0.25) is 14.4 Å². The third kappa shape index (κ3) is 4.90. The lowest BCUT2D eigenvalue weighted by atomic mass is 10.2. The molecule has 1 atom stereocenters. The fourth-order valence-electron chi connectivity index (χ4n) is 1.26. The standard InChI is InChI=1S/C12H18N4O3/c1-7(2)6-13-11(18)8(3)14-12(19)9-4-5-10(17)16-15-9/h4-5,7-8H,6H2,1-3H3,(H,13,18)(H,14,19)(H,16,17). The molecule has 0 aliphatic carbocycles. The highest BCUT2D eigenvalue weighted by atomic mass is 16.2. The quantitative estimate of drug-likeness (QED) is 0.678. The first-order chi connectivity index (χ1) is 8.90. The van der Waals surface area contributed by atoms with E-state index in [-0.39, 0.29) is 17.2 Å². The Bertz CT molecular complexity index is 489. The zero-order valence-electron chi connectivity index (χ0n) is 11.2. The molecular weight excluding hydrogens is 248 g/mol. The number of carbonyl (C=O) groups is 2. The first-order valence-electron chi connectivity index (χ1n) is 6.04. The SMILES string of the molecule is CC(C)CNC(=O)C(C)NC(=O)c1ccc(=O)[nH]n1. The van der Waals surface area contributed by atoms with E-state index < -0.39 is 11.9 Å². The zero-order valence-corrected chi connectivity index (χ0v) is 11.2. The van der Waals surface area contributed by atoms with Gasteiger partial charge in [-0.15, -0.1) is 0 Å². The van der Waals surface area contributed by atoms with Gasteiger partial charge in [0.05, 0.1) is 0 Å². The Balaban J connectivity index is 2.54. The first-order valence-corrected chi connectivity index (χ1v) is 6.04. The highest BCUT2D eigenvalue weighted by Gasteiger charge is 2.17. The Morgan fingerprint density at radius 2 is 2.00 bits per heavy atom. The van der Waals surface area contributed by atoms with Gasteiger partial charge in [-0.25, -0.2) is 5.10 Å². The second-order valence-electron chi connectivity index (χ2n) is 4.64. The molecule has 0 aromatic carbocycles. The predicted octanol–water partition coefficient (Wildman–Crippen LogP) is -0.340. The van der Waals surface area contributed by atoms with Gasteiger partial charge < -0.3 is 10.6 Å². The van der Waals surface area contributed by atoms with Crippen molar-refractivity contribution in [3.63, 3.8) is 0 Å². The minimum atomic E-state index is -0.667. The van der Waals surface area contributed by atoms with Crippen molar-refractivity contribution in [3.05, 3.63) is 28.2 Å². The van der Waals surface area contributed by atoms with Crippen LogP contribution in [0.4, 0.5) is 0 Å². The van der Waals surface area contributed by atoms with E-state index in [4.69, 9.17) is 0 Å². The van der Waals surface area contributed by atoms with Gasteiger partial charge in [0.1, 0.15) is 11.7 Å². The van der Waals surface area contributed by atoms with Crippen LogP contribution in [0.5, 0.6) is 0 Å². The van der Waals surface area contributed by atoms with Crippen molar-refractivity contribution in [1.82, 2.24) is 20.8 Å². The fourth-order valence-corrected chi connectivity index (χ4v) is 1.26. The third-order valence-electron chi connectivity index (χ3n) is 2.34. The van der Waals surface area contributed by atoms with Crippen molar-refractivity contribution >= 4 is 11.8 Å². The topological polar surface area (TPSA) is 104 Å². The number of aromatic nitrogens is 2. The Labute approximate surface area is 110 Å². The molecule has 7 heteroatoms. The summed E-state index contributed by atoms with van der Waals surface area (Å²) in [6.45, 7) is 6.09. The monoisotopic (exact) mass is 266 g/mol. The van der Waals surface area contributed by atoms with E-state index in [2.05, 4.69) is 20.8 Å². The van der Waals surface area contributed by atoms with Gasteiger partial charge in [-0.05, 0) is 18.9 Å². The molecule has 7 nitrogen and oxygen atoms in total. The van der Waals surface area contributed by atoms with Gasteiger partial charge >= 0.3 is 0 Å². The molecule has 2 amide bonds. The molecule has 0 fully saturated rings. The minimum Gasteiger partial charge on any atom is -0.354 e. The number of carbonyl (C=O) groups excluding carboxylic acids is 2. The molecule has 0 saturated carbocycles. The molecule has 0 spiro atoms. The van der Waals surface area contributed by atoms with Crippen molar-refractivity contribution in [2.75, 3.05) is 6.54 Å². The summed E-state index contributed by atoms with van der Waals surface area (Å²) in [4.78, 5) is 34.2. The van der Waals surface area contributed by atoms with E-state index in [1.807, 2.05) is 13.8 Å². The number of aromatic amines is 1. The molecule has 0 saturated heterocycles. The average molecular weight is 266 g/mol. The number of H-pyrrole nitrogens is 1. The number of nitrogens with zero attached hydrogens (tertiary/aromatic N) is 1. The fraction of sp³-hybridized carbons (Fsp3) is 0.500. The van der Waals surface area contributed by atoms with Crippen molar-refractivity contribution in [2.45, 2.75) is 26.8 Å². The van der Waals surface area contributed by atoms with E-state index in [1.54, 1.807) is 6.92 Å². The summed E-state index contributed by atoms with van der Waals surface area (Å²) in [5, 5.41) is 11.0. The molecule has 1 aromatic heterocycles. The molecule has 3 N–H and O–H groups in total. The maximum absolute atomic E-state index is 11.7. The molecule has 104 valence electrons. The van der Waals surface area contributed by atoms with Crippen LogP contribution in [0.15, 0.2) is 16.9 Å². The second kappa shape index (κ2) is 6.67. The van der Waals surface area contributed by atoms with E-state index in [1.165, 1.54) is 12.1 Å². The molecule has 0 radical (unpaired) electrons. The van der Waals surface area contributed by atoms with Gasteiger partial charge in [0.2, 0.25) is 5.91 Å². The molecular formula is C12H18N4O3. The lowest BCUT2D eigenvalue weighted by Crippen LogP contribution is -2.45. The van der Waals surface area contributed by atoms with Crippen LogP contribution in [0.3, 0.4) is 0 Å². The Morgan fingerprint density at radius 3 is 2.53 bits per heavy atom. The van der Waals surface area contributed by atoms with Crippen molar-refractivity contribution in [2.24, 2.45) is 5.92 Å². The van der Waals surface area contributed by atoms with Crippen LogP contribution < -0.4 is 16.2 Å². The molecule has 0 bridgehead atoms. The normalized spacial score (nSPS) is 12.0. The Hall–Kier alpha value is -2.18. The van der Waals surface area contributed by atoms with Crippen LogP contribution >= 0.6 is 0 Å². The highest BCUT2D eigenvalue weighted by Crippen LogP contribution is 1.93. The number of hydrogen-bond donors (Lipinski definition) is 3. The van der Waals surface area contributed by atoms with Gasteiger partial charge in [-0.1, -0.05) is 13.8 Å². The van der Waals surface area contributed by atoms with Crippen molar-refractivity contribution in [3.8, 4) is 0 Å². The number of amides is 2. The highest BCUT2D eigenvalue weighted by molar-refractivity contribution is 5.95. The summed E-state index contributed by atoms with van der Waals surface area (Å²) in [5.74, 6) is -0.428. The summed E-state index contributed by atoms with van der Waals surface area (Å²) in [5.41, 5.74) is -0.331. The molecule has 1 heterocycles. The van der Waals surface area contributed by atoms with Gasteiger partial charge in [-0.2, -0.15) is 5.10 Å². The van der Waals surface area contributed by atoms with Crippen molar-refractivity contribution < 1.29 is 9.59 Å². The smallest absolute Gasteiger partial charge is 0.272 e. The molecule has 1 unspecified atom stereocenters. The van der Waals surface area contributed by atoms with E-state index >= 15 is 0 Å². The number of rotatable bonds is 5. The van der Waals surface area contributed by atoms with Crippen LogP contribution in [0.2, 0.25) is 0 Å². The summed E-state index contributed by atoms with van der Waals surface area (Å²) < 4.78 is 0. The van der Waals surface area contributed by atoms with Crippen LogP contribution in [0.1, 0.15) is 31.3 Å². The largest absolute Gasteiger partial charge is 0.354 e. The average Bonchev–Trinajstić information content (AvgIpc) is 2.36. The second-order valence-corrected chi connectivity index (χ2v) is 4.64. The molecule has 0 aliphatic rings. The Morgan fingerprint density at radius 1 is 1.32 bits per heavy atom. The van der Waals surface area contributed by atoms with Crippen LogP contribution in [0.25, 0.3) is 0 Å². The van der Waals surface area contributed by atoms with Gasteiger partial charge in [0.25, 0.3) is 11.5 Å². The van der Waals surface area contributed by atoms with Crippen molar-refractivity contribution in [1.29, 1.82) is 0 Å². The van der Waals surface area contributed by atoms with Gasteiger partial charge in [0, 0.05) is 12.6 Å².